The third-order valence-corrected chi connectivity index (χ3v) is 10.9. The van der Waals surface area contributed by atoms with Gasteiger partial charge in [-0.3, -0.25) is 9.98 Å². The molecule has 296 valence electrons. The van der Waals surface area contributed by atoms with E-state index in [9.17, 15) is 0 Å². The molecule has 0 spiro atoms. The standard InChI is InChI=1S/C55H49N3.C2H4/c1-40(58-55(46-20-9-5-10-21-46)57-39-42-16-6-3-7-17-42)47-24-14-25-49(36-47)44-31-28-41(29-32-44)30-33-50(53-27-15-23-45-19-12-13-26-52(45)53)38-54(56-2)51-35-34-43-18-8-4-11-22-48(43)37-51;1-2/h3,6-9,11,13-18,20-38H,4-5,10,12,19,39H2,1-2H3;1-2H2/b33-30+,50-38+,56-54?,57-55?,58-40?;. The summed E-state index contributed by atoms with van der Waals surface area (Å²) < 4.78 is 0. The number of benzene rings is 5. The van der Waals surface area contributed by atoms with Crippen molar-refractivity contribution in [1.82, 2.24) is 0 Å². The summed E-state index contributed by atoms with van der Waals surface area (Å²) in [5, 5.41) is 0. The molecule has 3 aliphatic carbocycles. The fourth-order valence-electron chi connectivity index (χ4n) is 7.70. The van der Waals surface area contributed by atoms with Gasteiger partial charge in [-0.05, 0) is 118 Å². The van der Waals surface area contributed by atoms with E-state index < -0.39 is 0 Å². The zero-order valence-corrected chi connectivity index (χ0v) is 34.9. The molecule has 3 nitrogen and oxygen atoms in total. The molecule has 0 saturated heterocycles. The normalized spacial score (nSPS) is 15.2. The smallest absolute Gasteiger partial charge is 0.154 e. The maximum atomic E-state index is 5.11. The van der Waals surface area contributed by atoms with Gasteiger partial charge >= 0.3 is 0 Å². The van der Waals surface area contributed by atoms with Crippen molar-refractivity contribution < 1.29 is 0 Å². The van der Waals surface area contributed by atoms with Crippen molar-refractivity contribution >= 4 is 47.1 Å². The molecule has 0 radical (unpaired) electrons. The van der Waals surface area contributed by atoms with Crippen LogP contribution in [0.2, 0.25) is 0 Å². The SMILES string of the molecule is C=C.CN=C(/C=C(\C=C\c1ccc(-c2cccc(C(C)=NC(=NCc3ccccc3)C3=CCCC=C3)c2)cc1)c1cccc2c1C=CCC2)c1ccc2c(c1)C=CCC=C2. The van der Waals surface area contributed by atoms with Gasteiger partial charge in [-0.1, -0.05) is 170 Å². The van der Waals surface area contributed by atoms with Crippen LogP contribution in [0.3, 0.4) is 0 Å². The van der Waals surface area contributed by atoms with Crippen LogP contribution in [0, 0.1) is 0 Å². The topological polar surface area (TPSA) is 37.1 Å². The number of fused-ring (bicyclic) bond motifs is 2. The van der Waals surface area contributed by atoms with Gasteiger partial charge in [0, 0.05) is 23.9 Å². The molecule has 8 rings (SSSR count). The summed E-state index contributed by atoms with van der Waals surface area (Å²) in [7, 11) is 1.89. The van der Waals surface area contributed by atoms with Gasteiger partial charge in [-0.25, -0.2) is 4.99 Å². The Morgan fingerprint density at radius 2 is 1.48 bits per heavy atom. The Kier molecular flexibility index (Phi) is 14.2. The summed E-state index contributed by atoms with van der Waals surface area (Å²) >= 11 is 0. The van der Waals surface area contributed by atoms with Crippen molar-refractivity contribution in [1.29, 1.82) is 0 Å². The molecule has 0 aliphatic heterocycles. The summed E-state index contributed by atoms with van der Waals surface area (Å²) in [6, 6.07) is 41.2. The number of aliphatic imine (C=N–C) groups is 3. The van der Waals surface area contributed by atoms with Gasteiger partial charge in [-0.15, -0.1) is 13.2 Å². The van der Waals surface area contributed by atoms with Crippen LogP contribution >= 0.6 is 0 Å². The molecule has 5 aromatic carbocycles. The number of amidine groups is 1. The predicted octanol–water partition coefficient (Wildman–Crippen LogP) is 14.4. The Morgan fingerprint density at radius 3 is 2.28 bits per heavy atom. The maximum Gasteiger partial charge on any atom is 0.154 e. The van der Waals surface area contributed by atoms with Gasteiger partial charge < -0.3 is 0 Å². The predicted molar refractivity (Wildman–Crippen MR) is 262 cm³/mol. The molecule has 60 heavy (non-hydrogen) atoms. The minimum atomic E-state index is 0.596. The Bertz CT molecular complexity index is 2620. The molecule has 0 fully saturated rings. The van der Waals surface area contributed by atoms with Gasteiger partial charge in [0.05, 0.1) is 12.3 Å². The van der Waals surface area contributed by atoms with Crippen molar-refractivity contribution in [2.24, 2.45) is 15.0 Å². The summed E-state index contributed by atoms with van der Waals surface area (Å²) in [6.45, 7) is 8.68. The zero-order valence-electron chi connectivity index (χ0n) is 34.9. The molecular formula is C57H53N3. The number of rotatable bonds is 10. The average molecular weight is 780 g/mol. The second kappa shape index (κ2) is 20.6. The van der Waals surface area contributed by atoms with E-state index in [0.717, 1.165) is 88.3 Å². The lowest BCUT2D eigenvalue weighted by Crippen LogP contribution is -2.06. The fourth-order valence-corrected chi connectivity index (χ4v) is 7.70. The summed E-state index contributed by atoms with van der Waals surface area (Å²) in [6.07, 6.45) is 31.9. The van der Waals surface area contributed by atoms with Crippen molar-refractivity contribution in [3.63, 3.8) is 0 Å². The van der Waals surface area contributed by atoms with Crippen LogP contribution in [-0.2, 0) is 13.0 Å². The van der Waals surface area contributed by atoms with E-state index in [1.54, 1.807) is 0 Å². The molecule has 0 unspecified atom stereocenters. The van der Waals surface area contributed by atoms with E-state index >= 15 is 0 Å². The van der Waals surface area contributed by atoms with Crippen LogP contribution in [0.4, 0.5) is 0 Å². The monoisotopic (exact) mass is 779 g/mol. The van der Waals surface area contributed by atoms with E-state index in [0.29, 0.717) is 6.54 Å². The van der Waals surface area contributed by atoms with E-state index in [4.69, 9.17) is 15.0 Å². The molecule has 0 aromatic heterocycles. The Labute approximate surface area is 357 Å². The van der Waals surface area contributed by atoms with Crippen LogP contribution in [-0.4, -0.2) is 24.3 Å². The Morgan fingerprint density at radius 1 is 0.683 bits per heavy atom. The second-order valence-electron chi connectivity index (χ2n) is 14.9. The van der Waals surface area contributed by atoms with Gasteiger partial charge in [0.1, 0.15) is 0 Å². The Balaban J connectivity index is 0.00000268. The molecule has 0 saturated carbocycles. The first-order chi connectivity index (χ1) is 29.6. The van der Waals surface area contributed by atoms with Crippen molar-refractivity contribution in [3.8, 4) is 11.1 Å². The van der Waals surface area contributed by atoms with E-state index in [-0.39, 0.29) is 0 Å². The molecule has 0 heterocycles. The van der Waals surface area contributed by atoms with Crippen molar-refractivity contribution in [2.75, 3.05) is 7.05 Å². The van der Waals surface area contributed by atoms with Crippen LogP contribution in [0.25, 0.3) is 41.0 Å². The molecule has 0 N–H and O–H groups in total. The van der Waals surface area contributed by atoms with Crippen LogP contribution in [0.1, 0.15) is 82.7 Å². The second-order valence-corrected chi connectivity index (χ2v) is 14.9. The van der Waals surface area contributed by atoms with E-state index in [1.807, 2.05) is 13.1 Å². The van der Waals surface area contributed by atoms with Gasteiger partial charge in [-0.2, -0.15) is 0 Å². The molecule has 0 bridgehead atoms. The highest BCUT2D eigenvalue weighted by molar-refractivity contribution is 6.14. The number of hydrogen-bond acceptors (Lipinski definition) is 2. The van der Waals surface area contributed by atoms with Crippen LogP contribution in [0.15, 0.2) is 198 Å². The lowest BCUT2D eigenvalue weighted by atomic mass is 9.88. The van der Waals surface area contributed by atoms with Gasteiger partial charge in [0.2, 0.25) is 0 Å². The molecule has 0 atom stereocenters. The van der Waals surface area contributed by atoms with Gasteiger partial charge in [0.25, 0.3) is 0 Å². The average Bonchev–Trinajstić information content (AvgIpc) is 3.57. The number of hydrogen-bond donors (Lipinski definition) is 0. The lowest BCUT2D eigenvalue weighted by Gasteiger charge is -2.16. The van der Waals surface area contributed by atoms with Crippen LogP contribution in [0.5, 0.6) is 0 Å². The largest absolute Gasteiger partial charge is 0.288 e. The highest BCUT2D eigenvalue weighted by Gasteiger charge is 2.14. The zero-order chi connectivity index (χ0) is 41.5. The third kappa shape index (κ3) is 10.4. The minimum Gasteiger partial charge on any atom is -0.288 e. The molecule has 3 aliphatic rings. The van der Waals surface area contributed by atoms with Gasteiger partial charge in [0.15, 0.2) is 5.84 Å². The quantitative estimate of drug-likeness (QED) is 0.0586. The van der Waals surface area contributed by atoms with E-state index in [2.05, 4.69) is 202 Å². The van der Waals surface area contributed by atoms with Crippen LogP contribution < -0.4 is 0 Å². The molecule has 0 amide bonds. The first kappa shape index (κ1) is 41.2. The number of nitrogens with zero attached hydrogens (tertiary/aromatic N) is 3. The summed E-state index contributed by atoms with van der Waals surface area (Å²) in [5.41, 5.74) is 17.3. The molecule has 3 heteroatoms. The fraction of sp³-hybridized carbons (Fsp3) is 0.140. The van der Waals surface area contributed by atoms with E-state index in [1.165, 1.54) is 33.4 Å². The first-order valence-electron chi connectivity index (χ1n) is 21.0. The minimum absolute atomic E-state index is 0.596. The summed E-state index contributed by atoms with van der Waals surface area (Å²) in [4.78, 5) is 14.9. The van der Waals surface area contributed by atoms with Crippen molar-refractivity contribution in [3.05, 3.63) is 233 Å². The molecule has 5 aromatic rings. The highest BCUT2D eigenvalue weighted by atomic mass is 14.9. The lowest BCUT2D eigenvalue weighted by molar-refractivity contribution is 0.984. The summed E-state index contributed by atoms with van der Waals surface area (Å²) in [5.74, 6) is 0.782. The third-order valence-electron chi connectivity index (χ3n) is 10.9. The molecular weight excluding hydrogens is 727 g/mol. The highest BCUT2D eigenvalue weighted by Crippen LogP contribution is 2.31. The number of aryl methyl sites for hydroxylation is 1. The number of allylic oxidation sites excluding steroid dienone is 8. The first-order valence-corrected chi connectivity index (χ1v) is 21.0. The van der Waals surface area contributed by atoms with Crippen molar-refractivity contribution in [2.45, 2.75) is 45.6 Å². The Hall–Kier alpha value is -6.97. The maximum absolute atomic E-state index is 5.11.